The zero-order valence-corrected chi connectivity index (χ0v) is 20.0. The second kappa shape index (κ2) is 12.0. The Morgan fingerprint density at radius 2 is 1.50 bits per heavy atom. The second-order valence-electron chi connectivity index (χ2n) is 7.24. The van der Waals surface area contributed by atoms with Crippen molar-refractivity contribution in [3.05, 3.63) is 77.3 Å². The first-order valence-corrected chi connectivity index (χ1v) is 11.3. The molecule has 0 aromatic heterocycles. The summed E-state index contributed by atoms with van der Waals surface area (Å²) in [6, 6.07) is 18.8. The molecule has 1 unspecified atom stereocenters. The number of carbonyl (C=O) groups excluding carboxylic acids is 2. The van der Waals surface area contributed by atoms with E-state index in [4.69, 9.17) is 25.8 Å². The Hall–Kier alpha value is -3.71. The van der Waals surface area contributed by atoms with Crippen molar-refractivity contribution in [3.8, 4) is 17.2 Å². The van der Waals surface area contributed by atoms with Crippen LogP contribution in [0.3, 0.4) is 0 Å². The Bertz CT molecular complexity index is 1130. The van der Waals surface area contributed by atoms with Crippen LogP contribution in [0.5, 0.6) is 17.2 Å². The lowest BCUT2D eigenvalue weighted by Crippen LogP contribution is -2.30. The average molecular weight is 483 g/mol. The summed E-state index contributed by atoms with van der Waals surface area (Å²) >= 11 is 6.08. The Labute approximate surface area is 204 Å². The third-order valence-corrected chi connectivity index (χ3v) is 5.04. The van der Waals surface area contributed by atoms with Gasteiger partial charge < -0.3 is 24.8 Å². The van der Waals surface area contributed by atoms with E-state index in [1.807, 2.05) is 13.8 Å². The van der Waals surface area contributed by atoms with Gasteiger partial charge >= 0.3 is 0 Å². The van der Waals surface area contributed by atoms with Gasteiger partial charge in [-0.1, -0.05) is 23.7 Å². The number of amides is 2. The molecule has 1 atom stereocenters. The van der Waals surface area contributed by atoms with Crippen LogP contribution < -0.4 is 24.8 Å². The van der Waals surface area contributed by atoms with Crippen molar-refractivity contribution in [2.45, 2.75) is 26.9 Å². The van der Waals surface area contributed by atoms with Gasteiger partial charge in [0.25, 0.3) is 11.8 Å². The zero-order valence-electron chi connectivity index (χ0n) is 19.3. The van der Waals surface area contributed by atoms with Crippen molar-refractivity contribution in [1.29, 1.82) is 0 Å². The average Bonchev–Trinajstić information content (AvgIpc) is 2.82. The lowest BCUT2D eigenvalue weighted by Gasteiger charge is -2.16. The topological polar surface area (TPSA) is 85.9 Å². The zero-order chi connectivity index (χ0) is 24.5. The summed E-state index contributed by atoms with van der Waals surface area (Å²) in [6.45, 7) is 6.32. The molecule has 2 amide bonds. The fourth-order valence-corrected chi connectivity index (χ4v) is 3.27. The molecular formula is C26H27ClN2O5. The van der Waals surface area contributed by atoms with Crippen LogP contribution in [0.1, 0.15) is 31.1 Å². The van der Waals surface area contributed by atoms with Crippen molar-refractivity contribution in [2.24, 2.45) is 0 Å². The van der Waals surface area contributed by atoms with Gasteiger partial charge in [0.1, 0.15) is 17.2 Å². The molecule has 0 spiro atoms. The van der Waals surface area contributed by atoms with Crippen LogP contribution in [0, 0.1) is 0 Å². The molecule has 178 valence electrons. The van der Waals surface area contributed by atoms with Crippen LogP contribution in [0.2, 0.25) is 5.02 Å². The molecule has 0 heterocycles. The SMILES string of the molecule is CCOc1ccc(C(=O)Nc2ccc(NC(=O)C(C)Oc3ccccc3Cl)cc2)c(OCC)c1. The van der Waals surface area contributed by atoms with Crippen LogP contribution >= 0.6 is 11.6 Å². The van der Waals surface area contributed by atoms with Crippen molar-refractivity contribution in [2.75, 3.05) is 23.8 Å². The summed E-state index contributed by atoms with van der Waals surface area (Å²) in [6.07, 6.45) is -0.754. The molecule has 3 rings (SSSR count). The molecule has 2 N–H and O–H groups in total. The number of nitrogens with one attached hydrogen (secondary N) is 2. The van der Waals surface area contributed by atoms with Gasteiger partial charge in [-0.25, -0.2) is 0 Å². The Kier molecular flexibility index (Phi) is 8.76. The number of anilines is 2. The number of ether oxygens (including phenoxy) is 3. The molecule has 0 fully saturated rings. The van der Waals surface area contributed by atoms with Gasteiger partial charge in [-0.2, -0.15) is 0 Å². The maximum absolute atomic E-state index is 12.8. The van der Waals surface area contributed by atoms with Crippen LogP contribution in [-0.2, 0) is 4.79 Å². The summed E-state index contributed by atoms with van der Waals surface area (Å²) < 4.78 is 16.7. The van der Waals surface area contributed by atoms with Crippen molar-refractivity contribution in [3.63, 3.8) is 0 Å². The van der Waals surface area contributed by atoms with Crippen molar-refractivity contribution in [1.82, 2.24) is 0 Å². The molecule has 3 aromatic carbocycles. The van der Waals surface area contributed by atoms with Crippen molar-refractivity contribution < 1.29 is 23.8 Å². The molecule has 0 aliphatic carbocycles. The number of hydrogen-bond donors (Lipinski definition) is 2. The van der Waals surface area contributed by atoms with E-state index in [9.17, 15) is 9.59 Å². The molecule has 7 nitrogen and oxygen atoms in total. The first-order valence-electron chi connectivity index (χ1n) is 10.9. The third kappa shape index (κ3) is 6.65. The monoisotopic (exact) mass is 482 g/mol. The minimum Gasteiger partial charge on any atom is -0.494 e. The van der Waals surface area contributed by atoms with E-state index in [1.54, 1.807) is 73.7 Å². The third-order valence-electron chi connectivity index (χ3n) is 4.73. The normalized spacial score (nSPS) is 11.3. The Balaban J connectivity index is 1.61. The van der Waals surface area contributed by atoms with E-state index in [1.165, 1.54) is 0 Å². The van der Waals surface area contributed by atoms with E-state index >= 15 is 0 Å². The van der Waals surface area contributed by atoms with Gasteiger partial charge in [0.2, 0.25) is 0 Å². The van der Waals surface area contributed by atoms with Crippen LogP contribution in [0.4, 0.5) is 11.4 Å². The molecule has 8 heteroatoms. The van der Waals surface area contributed by atoms with Crippen LogP contribution in [0.15, 0.2) is 66.7 Å². The number of halogens is 1. The molecule has 0 radical (unpaired) electrons. The lowest BCUT2D eigenvalue weighted by atomic mass is 10.1. The smallest absolute Gasteiger partial charge is 0.265 e. The number of rotatable bonds is 10. The second-order valence-corrected chi connectivity index (χ2v) is 7.64. The summed E-state index contributed by atoms with van der Waals surface area (Å²) in [4.78, 5) is 25.3. The molecule has 0 saturated heterocycles. The van der Waals surface area contributed by atoms with Gasteiger partial charge in [0, 0.05) is 17.4 Å². The first-order chi connectivity index (χ1) is 16.4. The minimum atomic E-state index is -0.754. The fourth-order valence-electron chi connectivity index (χ4n) is 3.09. The highest BCUT2D eigenvalue weighted by Gasteiger charge is 2.17. The van der Waals surface area contributed by atoms with Gasteiger partial charge in [-0.3, -0.25) is 9.59 Å². The lowest BCUT2D eigenvalue weighted by molar-refractivity contribution is -0.122. The highest BCUT2D eigenvalue weighted by atomic mass is 35.5. The van der Waals surface area contributed by atoms with Gasteiger partial charge in [-0.05, 0) is 69.3 Å². The number of benzene rings is 3. The molecule has 34 heavy (non-hydrogen) atoms. The highest BCUT2D eigenvalue weighted by molar-refractivity contribution is 6.32. The van der Waals surface area contributed by atoms with E-state index in [0.717, 1.165) is 0 Å². The number of carbonyl (C=O) groups is 2. The van der Waals surface area contributed by atoms with E-state index in [0.29, 0.717) is 52.4 Å². The van der Waals surface area contributed by atoms with E-state index in [-0.39, 0.29) is 11.8 Å². The summed E-state index contributed by atoms with van der Waals surface area (Å²) in [5.74, 6) is 0.876. The molecule has 0 aliphatic heterocycles. The molecular weight excluding hydrogens is 456 g/mol. The van der Waals surface area contributed by atoms with Gasteiger partial charge in [0.15, 0.2) is 6.10 Å². The molecule has 0 saturated carbocycles. The predicted octanol–water partition coefficient (Wildman–Crippen LogP) is 5.80. The van der Waals surface area contributed by atoms with Gasteiger partial charge in [-0.15, -0.1) is 0 Å². The highest BCUT2D eigenvalue weighted by Crippen LogP contribution is 2.27. The fraction of sp³-hybridized carbons (Fsp3) is 0.231. The summed E-state index contributed by atoms with van der Waals surface area (Å²) in [5, 5.41) is 6.06. The molecule has 0 bridgehead atoms. The summed E-state index contributed by atoms with van der Waals surface area (Å²) in [7, 11) is 0. The first kappa shape index (κ1) is 24.9. The number of para-hydroxylation sites is 1. The maximum Gasteiger partial charge on any atom is 0.265 e. The molecule has 0 aliphatic rings. The van der Waals surface area contributed by atoms with Crippen molar-refractivity contribution >= 4 is 34.8 Å². The minimum absolute atomic E-state index is 0.315. The predicted molar refractivity (Wildman–Crippen MR) is 133 cm³/mol. The van der Waals surface area contributed by atoms with Crippen LogP contribution in [-0.4, -0.2) is 31.1 Å². The summed E-state index contributed by atoms with van der Waals surface area (Å²) in [5.41, 5.74) is 1.53. The Morgan fingerprint density at radius 3 is 2.15 bits per heavy atom. The largest absolute Gasteiger partial charge is 0.494 e. The Morgan fingerprint density at radius 1 is 0.853 bits per heavy atom. The number of hydrogen-bond acceptors (Lipinski definition) is 5. The molecule has 3 aromatic rings. The van der Waals surface area contributed by atoms with Crippen LogP contribution in [0.25, 0.3) is 0 Å². The quantitative estimate of drug-likeness (QED) is 0.381. The maximum atomic E-state index is 12.8. The van der Waals surface area contributed by atoms with E-state index in [2.05, 4.69) is 10.6 Å². The standard InChI is InChI=1S/C26H27ClN2O5/c1-4-32-20-14-15-21(24(16-20)33-5-2)26(31)29-19-12-10-18(11-13-19)28-25(30)17(3)34-23-9-7-6-8-22(23)27/h6-17H,4-5H2,1-3H3,(H,28,30)(H,29,31). The van der Waals surface area contributed by atoms with E-state index < -0.39 is 6.10 Å². The van der Waals surface area contributed by atoms with Gasteiger partial charge in [0.05, 0.1) is 23.8 Å².